The summed E-state index contributed by atoms with van der Waals surface area (Å²) in [5, 5.41) is 3.63. The van der Waals surface area contributed by atoms with E-state index >= 15 is 0 Å². The average molecular weight is 401 g/mol. The third-order valence-electron chi connectivity index (χ3n) is 5.43. The number of hydrogen-bond acceptors (Lipinski definition) is 6. The molecule has 0 saturated carbocycles. The SMILES string of the molecule is CS(=O)c1ccc(N2CCC[C@@H](Nc3cc(N4CCOCC4)ccn3)C2)cc1. The van der Waals surface area contributed by atoms with Gasteiger partial charge in [-0.2, -0.15) is 0 Å². The van der Waals surface area contributed by atoms with Crippen molar-refractivity contribution in [3.63, 3.8) is 0 Å². The molecule has 2 atom stereocenters. The Balaban J connectivity index is 1.40. The topological polar surface area (TPSA) is 57.7 Å². The maximum atomic E-state index is 11.6. The molecule has 28 heavy (non-hydrogen) atoms. The monoisotopic (exact) mass is 400 g/mol. The minimum absolute atomic E-state index is 0.362. The van der Waals surface area contributed by atoms with Gasteiger partial charge in [-0.05, 0) is 43.2 Å². The molecule has 7 heteroatoms. The van der Waals surface area contributed by atoms with E-state index in [0.717, 1.165) is 62.9 Å². The number of benzene rings is 1. The second kappa shape index (κ2) is 8.92. The smallest absolute Gasteiger partial charge is 0.128 e. The minimum Gasteiger partial charge on any atom is -0.378 e. The molecule has 0 spiro atoms. The molecule has 1 aromatic carbocycles. The fraction of sp³-hybridized carbons (Fsp3) is 0.476. The molecule has 4 rings (SSSR count). The van der Waals surface area contributed by atoms with E-state index in [-0.39, 0.29) is 0 Å². The highest BCUT2D eigenvalue weighted by Crippen LogP contribution is 2.24. The Bertz CT molecular complexity index is 808. The number of ether oxygens (including phenoxy) is 1. The highest BCUT2D eigenvalue weighted by atomic mass is 32.2. The van der Waals surface area contributed by atoms with Crippen molar-refractivity contribution < 1.29 is 8.95 Å². The van der Waals surface area contributed by atoms with E-state index in [1.165, 1.54) is 11.4 Å². The Labute approximate surface area is 169 Å². The van der Waals surface area contributed by atoms with E-state index in [1.807, 2.05) is 18.3 Å². The van der Waals surface area contributed by atoms with Crippen molar-refractivity contribution in [2.24, 2.45) is 0 Å². The summed E-state index contributed by atoms with van der Waals surface area (Å²) in [5.41, 5.74) is 2.40. The molecule has 0 radical (unpaired) electrons. The largest absolute Gasteiger partial charge is 0.378 e. The van der Waals surface area contributed by atoms with Crippen LogP contribution in [0.2, 0.25) is 0 Å². The predicted molar refractivity (Wildman–Crippen MR) is 115 cm³/mol. The van der Waals surface area contributed by atoms with Crippen LogP contribution in [-0.2, 0) is 15.5 Å². The summed E-state index contributed by atoms with van der Waals surface area (Å²) >= 11 is 0. The highest BCUT2D eigenvalue weighted by molar-refractivity contribution is 7.84. The van der Waals surface area contributed by atoms with Crippen molar-refractivity contribution in [2.45, 2.75) is 23.8 Å². The van der Waals surface area contributed by atoms with Gasteiger partial charge >= 0.3 is 0 Å². The van der Waals surface area contributed by atoms with Gasteiger partial charge in [-0.15, -0.1) is 0 Å². The Hall–Kier alpha value is -2.12. The predicted octanol–water partition coefficient (Wildman–Crippen LogP) is 2.74. The van der Waals surface area contributed by atoms with Crippen molar-refractivity contribution in [3.8, 4) is 0 Å². The van der Waals surface area contributed by atoms with Crippen molar-refractivity contribution in [2.75, 3.05) is 60.8 Å². The third-order valence-corrected chi connectivity index (χ3v) is 6.36. The Morgan fingerprint density at radius 2 is 1.86 bits per heavy atom. The molecule has 2 aliphatic rings. The first-order chi connectivity index (χ1) is 13.7. The number of piperidine rings is 1. The van der Waals surface area contributed by atoms with Crippen LogP contribution in [-0.4, -0.2) is 60.9 Å². The standard InChI is InChI=1S/C21H28N4O2S/c1-28(26)20-6-4-18(5-7-20)25-10-2-3-17(16-25)23-21-15-19(8-9-22-21)24-11-13-27-14-12-24/h4-9,15,17H,2-3,10-14,16H2,1H3,(H,22,23)/t17-,28?/m1/s1. The second-order valence-corrected chi connectivity index (χ2v) is 8.76. The maximum Gasteiger partial charge on any atom is 0.128 e. The summed E-state index contributed by atoms with van der Waals surface area (Å²) in [6, 6.07) is 12.7. The maximum absolute atomic E-state index is 11.6. The van der Waals surface area contributed by atoms with E-state index in [2.05, 4.69) is 44.4 Å². The lowest BCUT2D eigenvalue weighted by Crippen LogP contribution is -2.42. The molecule has 2 saturated heterocycles. The molecular weight excluding hydrogens is 372 g/mol. The van der Waals surface area contributed by atoms with Gasteiger partial charge in [0.1, 0.15) is 5.82 Å². The summed E-state index contributed by atoms with van der Waals surface area (Å²) in [5.74, 6) is 0.938. The lowest BCUT2D eigenvalue weighted by atomic mass is 10.0. The Morgan fingerprint density at radius 3 is 2.61 bits per heavy atom. The molecule has 2 fully saturated rings. The van der Waals surface area contributed by atoms with Crippen LogP contribution in [0.5, 0.6) is 0 Å². The molecular formula is C21H28N4O2S. The second-order valence-electron chi connectivity index (χ2n) is 7.38. The number of rotatable bonds is 5. The number of aromatic nitrogens is 1. The molecule has 3 heterocycles. The summed E-state index contributed by atoms with van der Waals surface area (Å²) in [7, 11) is -0.931. The van der Waals surface area contributed by atoms with Gasteiger partial charge in [-0.25, -0.2) is 4.98 Å². The first-order valence-electron chi connectivity index (χ1n) is 9.93. The number of pyridine rings is 1. The zero-order valence-electron chi connectivity index (χ0n) is 16.3. The zero-order valence-corrected chi connectivity index (χ0v) is 17.2. The molecule has 6 nitrogen and oxygen atoms in total. The number of nitrogens with zero attached hydrogens (tertiary/aromatic N) is 3. The Kier molecular flexibility index (Phi) is 6.12. The molecule has 2 aromatic rings. The quantitative estimate of drug-likeness (QED) is 0.833. The van der Waals surface area contributed by atoms with Gasteiger partial charge in [-0.3, -0.25) is 4.21 Å². The van der Waals surface area contributed by atoms with Gasteiger partial charge in [0.15, 0.2) is 0 Å². The van der Waals surface area contributed by atoms with Crippen LogP contribution in [0.4, 0.5) is 17.2 Å². The van der Waals surface area contributed by atoms with Gasteiger partial charge in [0.05, 0.1) is 13.2 Å². The molecule has 1 N–H and O–H groups in total. The molecule has 0 amide bonds. The number of morpholine rings is 1. The normalized spacial score (nSPS) is 21.4. The first-order valence-corrected chi connectivity index (χ1v) is 11.5. The molecule has 150 valence electrons. The van der Waals surface area contributed by atoms with E-state index in [1.54, 1.807) is 6.26 Å². The molecule has 1 unspecified atom stereocenters. The average Bonchev–Trinajstić information content (AvgIpc) is 2.75. The van der Waals surface area contributed by atoms with Crippen molar-refractivity contribution in [3.05, 3.63) is 42.6 Å². The van der Waals surface area contributed by atoms with Gasteiger partial charge in [0, 0.05) is 77.8 Å². The fourth-order valence-corrected chi connectivity index (χ4v) is 4.42. The van der Waals surface area contributed by atoms with Crippen molar-refractivity contribution in [1.29, 1.82) is 0 Å². The van der Waals surface area contributed by atoms with Crippen LogP contribution in [0.15, 0.2) is 47.5 Å². The lowest BCUT2D eigenvalue weighted by Gasteiger charge is -2.35. The summed E-state index contributed by atoms with van der Waals surface area (Å²) in [6.07, 6.45) is 5.88. The summed E-state index contributed by atoms with van der Waals surface area (Å²) in [6.45, 7) is 5.42. The van der Waals surface area contributed by atoms with Crippen LogP contribution >= 0.6 is 0 Å². The third kappa shape index (κ3) is 4.64. The lowest BCUT2D eigenvalue weighted by molar-refractivity contribution is 0.122. The van der Waals surface area contributed by atoms with Crippen LogP contribution in [0.1, 0.15) is 12.8 Å². The number of anilines is 3. The van der Waals surface area contributed by atoms with E-state index in [4.69, 9.17) is 4.74 Å². The summed E-state index contributed by atoms with van der Waals surface area (Å²) in [4.78, 5) is 10.2. The highest BCUT2D eigenvalue weighted by Gasteiger charge is 2.21. The molecule has 0 bridgehead atoms. The van der Waals surface area contributed by atoms with Gasteiger partial charge in [0.25, 0.3) is 0 Å². The minimum atomic E-state index is -0.931. The van der Waals surface area contributed by atoms with E-state index in [0.29, 0.717) is 6.04 Å². The van der Waals surface area contributed by atoms with E-state index in [9.17, 15) is 4.21 Å². The molecule has 2 aliphatic heterocycles. The van der Waals surface area contributed by atoms with Crippen LogP contribution in [0.3, 0.4) is 0 Å². The van der Waals surface area contributed by atoms with Gasteiger partial charge in [-0.1, -0.05) is 0 Å². The van der Waals surface area contributed by atoms with Crippen LogP contribution in [0.25, 0.3) is 0 Å². The van der Waals surface area contributed by atoms with Crippen molar-refractivity contribution >= 4 is 28.0 Å². The fourth-order valence-electron chi connectivity index (χ4n) is 3.90. The molecule has 0 aliphatic carbocycles. The van der Waals surface area contributed by atoms with Crippen LogP contribution < -0.4 is 15.1 Å². The summed E-state index contributed by atoms with van der Waals surface area (Å²) < 4.78 is 17.1. The zero-order chi connectivity index (χ0) is 19.3. The molecule has 1 aromatic heterocycles. The Morgan fingerprint density at radius 1 is 1.07 bits per heavy atom. The number of nitrogens with one attached hydrogen (secondary N) is 1. The van der Waals surface area contributed by atoms with Crippen LogP contribution in [0, 0.1) is 0 Å². The van der Waals surface area contributed by atoms with E-state index < -0.39 is 10.8 Å². The van der Waals surface area contributed by atoms with Gasteiger partial charge < -0.3 is 19.9 Å². The number of hydrogen-bond donors (Lipinski definition) is 1. The van der Waals surface area contributed by atoms with Crippen molar-refractivity contribution in [1.82, 2.24) is 4.98 Å². The van der Waals surface area contributed by atoms with Gasteiger partial charge in [0.2, 0.25) is 0 Å². The first kappa shape index (κ1) is 19.2.